The molecule has 0 aliphatic heterocycles. The molecule has 6 heteroatoms. The molecule has 0 aliphatic carbocycles. The van der Waals surface area contributed by atoms with Gasteiger partial charge in [0.05, 0.1) is 17.8 Å². The second-order valence-corrected chi connectivity index (χ2v) is 4.04. The first-order valence-electron chi connectivity index (χ1n) is 5.73. The number of pyridine rings is 2. The summed E-state index contributed by atoms with van der Waals surface area (Å²) in [5.41, 5.74) is 0.458. The summed E-state index contributed by atoms with van der Waals surface area (Å²) in [5.74, 6) is 0. The van der Waals surface area contributed by atoms with Crippen LogP contribution in [0.15, 0.2) is 52.3 Å². The van der Waals surface area contributed by atoms with Crippen molar-refractivity contribution < 1.29 is 0 Å². The average molecular weight is 254 g/mol. The van der Waals surface area contributed by atoms with Crippen LogP contribution in [0, 0.1) is 0 Å². The van der Waals surface area contributed by atoms with Crippen molar-refractivity contribution in [3.8, 4) is 0 Å². The Morgan fingerprint density at radius 3 is 2.68 bits per heavy atom. The fourth-order valence-corrected chi connectivity index (χ4v) is 1.88. The topological polar surface area (TPSA) is 80.6 Å². The summed E-state index contributed by atoms with van der Waals surface area (Å²) in [4.78, 5) is 34.9. The fourth-order valence-electron chi connectivity index (χ4n) is 1.88. The Bertz CT molecular complexity index is 836. The van der Waals surface area contributed by atoms with Gasteiger partial charge >= 0.3 is 5.69 Å². The highest BCUT2D eigenvalue weighted by Gasteiger charge is 2.08. The molecule has 0 unspecified atom stereocenters. The molecular formula is C13H10N4O2. The van der Waals surface area contributed by atoms with E-state index in [2.05, 4.69) is 15.0 Å². The first-order valence-corrected chi connectivity index (χ1v) is 5.73. The van der Waals surface area contributed by atoms with Gasteiger partial charge in [-0.2, -0.15) is 0 Å². The Labute approximate surface area is 107 Å². The maximum atomic E-state index is 12.2. The van der Waals surface area contributed by atoms with Crippen LogP contribution in [-0.4, -0.2) is 19.5 Å². The monoisotopic (exact) mass is 254 g/mol. The van der Waals surface area contributed by atoms with Crippen molar-refractivity contribution in [3.05, 3.63) is 69.3 Å². The van der Waals surface area contributed by atoms with Crippen molar-refractivity contribution in [1.82, 2.24) is 19.5 Å². The summed E-state index contributed by atoms with van der Waals surface area (Å²) in [6.45, 7) is 0.127. The van der Waals surface area contributed by atoms with Crippen LogP contribution in [0.3, 0.4) is 0 Å². The molecule has 0 aliphatic rings. The molecule has 6 nitrogen and oxygen atoms in total. The Morgan fingerprint density at radius 1 is 1.05 bits per heavy atom. The van der Waals surface area contributed by atoms with E-state index in [9.17, 15) is 9.59 Å². The van der Waals surface area contributed by atoms with Crippen molar-refractivity contribution in [2.75, 3.05) is 0 Å². The van der Waals surface area contributed by atoms with Crippen LogP contribution in [0.5, 0.6) is 0 Å². The van der Waals surface area contributed by atoms with Gasteiger partial charge in [0, 0.05) is 12.4 Å². The van der Waals surface area contributed by atoms with Gasteiger partial charge in [-0.25, -0.2) is 9.78 Å². The molecule has 0 saturated heterocycles. The van der Waals surface area contributed by atoms with E-state index >= 15 is 0 Å². The van der Waals surface area contributed by atoms with Crippen LogP contribution < -0.4 is 11.2 Å². The van der Waals surface area contributed by atoms with Gasteiger partial charge in [0.2, 0.25) is 0 Å². The number of H-pyrrole nitrogens is 1. The molecule has 3 heterocycles. The van der Waals surface area contributed by atoms with Gasteiger partial charge < -0.3 is 4.98 Å². The van der Waals surface area contributed by atoms with Crippen LogP contribution in [0.2, 0.25) is 0 Å². The van der Waals surface area contributed by atoms with Gasteiger partial charge in [0.1, 0.15) is 0 Å². The number of hydrogen-bond acceptors (Lipinski definition) is 4. The number of rotatable bonds is 2. The maximum absolute atomic E-state index is 12.2. The molecule has 3 rings (SSSR count). The zero-order valence-electron chi connectivity index (χ0n) is 9.91. The number of hydrogen-bond donors (Lipinski definition) is 1. The van der Waals surface area contributed by atoms with Crippen molar-refractivity contribution in [2.45, 2.75) is 6.54 Å². The van der Waals surface area contributed by atoms with Gasteiger partial charge in [0.15, 0.2) is 5.52 Å². The minimum atomic E-state index is -0.462. The van der Waals surface area contributed by atoms with Crippen molar-refractivity contribution in [2.24, 2.45) is 0 Å². The lowest BCUT2D eigenvalue weighted by Gasteiger charge is -2.05. The minimum absolute atomic E-state index is 0.127. The van der Waals surface area contributed by atoms with E-state index in [4.69, 9.17) is 0 Å². The predicted octanol–water partition coefficient (Wildman–Crippen LogP) is 0.528. The molecule has 94 valence electrons. The predicted molar refractivity (Wildman–Crippen MR) is 70.0 cm³/mol. The summed E-state index contributed by atoms with van der Waals surface area (Å²) >= 11 is 0. The van der Waals surface area contributed by atoms with Crippen LogP contribution in [0.1, 0.15) is 5.69 Å². The quantitative estimate of drug-likeness (QED) is 0.723. The largest absolute Gasteiger partial charge is 0.329 e. The Balaban J connectivity index is 2.19. The molecular weight excluding hydrogens is 244 g/mol. The average Bonchev–Trinajstić information content (AvgIpc) is 2.45. The zero-order valence-corrected chi connectivity index (χ0v) is 9.91. The molecule has 0 bridgehead atoms. The second kappa shape index (κ2) is 4.49. The standard InChI is InChI=1S/C13H10N4O2/c18-12-11-10(5-3-7-15-11)16-13(19)17(12)8-9-4-1-2-6-14-9/h1-7H,8H2,(H,16,19). The van der Waals surface area contributed by atoms with Gasteiger partial charge in [-0.05, 0) is 24.3 Å². The summed E-state index contributed by atoms with van der Waals surface area (Å²) < 4.78 is 1.09. The lowest BCUT2D eigenvalue weighted by molar-refractivity contribution is 0.694. The smallest absolute Gasteiger partial charge is 0.305 e. The van der Waals surface area contributed by atoms with E-state index in [1.807, 2.05) is 0 Å². The first kappa shape index (κ1) is 11.3. The van der Waals surface area contributed by atoms with Crippen molar-refractivity contribution >= 4 is 11.0 Å². The summed E-state index contributed by atoms with van der Waals surface area (Å²) in [6, 6.07) is 8.66. The third kappa shape index (κ3) is 2.03. The molecule has 19 heavy (non-hydrogen) atoms. The Morgan fingerprint density at radius 2 is 1.89 bits per heavy atom. The Kier molecular flexibility index (Phi) is 2.68. The third-order valence-corrected chi connectivity index (χ3v) is 2.79. The normalized spacial score (nSPS) is 10.7. The number of nitrogens with zero attached hydrogens (tertiary/aromatic N) is 3. The van der Waals surface area contributed by atoms with Crippen LogP contribution in [0.25, 0.3) is 11.0 Å². The van der Waals surface area contributed by atoms with Crippen LogP contribution >= 0.6 is 0 Å². The molecule has 3 aromatic heterocycles. The van der Waals surface area contributed by atoms with Crippen LogP contribution in [0.4, 0.5) is 0 Å². The molecule has 0 radical (unpaired) electrons. The minimum Gasteiger partial charge on any atom is -0.305 e. The zero-order chi connectivity index (χ0) is 13.2. The molecule has 0 amide bonds. The molecule has 0 fully saturated rings. The molecule has 1 N–H and O–H groups in total. The number of nitrogens with one attached hydrogen (secondary N) is 1. The molecule has 0 saturated carbocycles. The van der Waals surface area contributed by atoms with Gasteiger partial charge in [0.25, 0.3) is 5.56 Å². The molecule has 3 aromatic rings. The highest BCUT2D eigenvalue weighted by Crippen LogP contribution is 2.00. The van der Waals surface area contributed by atoms with Gasteiger partial charge in [-0.15, -0.1) is 0 Å². The van der Waals surface area contributed by atoms with Gasteiger partial charge in [-0.1, -0.05) is 6.07 Å². The summed E-state index contributed by atoms with van der Waals surface area (Å²) in [7, 11) is 0. The summed E-state index contributed by atoms with van der Waals surface area (Å²) in [6.07, 6.45) is 3.14. The van der Waals surface area contributed by atoms with E-state index in [1.54, 1.807) is 36.5 Å². The SMILES string of the molecule is O=c1[nH]c2cccnc2c(=O)n1Cc1ccccn1. The van der Waals surface area contributed by atoms with Crippen LogP contribution in [-0.2, 0) is 6.54 Å². The summed E-state index contributed by atoms with van der Waals surface area (Å²) in [5, 5.41) is 0. The van der Waals surface area contributed by atoms with Crippen molar-refractivity contribution in [3.63, 3.8) is 0 Å². The lowest BCUT2D eigenvalue weighted by atomic mass is 10.3. The highest BCUT2D eigenvalue weighted by atomic mass is 16.2. The third-order valence-electron chi connectivity index (χ3n) is 2.79. The van der Waals surface area contributed by atoms with Crippen molar-refractivity contribution in [1.29, 1.82) is 0 Å². The van der Waals surface area contributed by atoms with E-state index in [0.29, 0.717) is 11.2 Å². The lowest BCUT2D eigenvalue weighted by Crippen LogP contribution is -2.35. The van der Waals surface area contributed by atoms with Gasteiger partial charge in [-0.3, -0.25) is 14.3 Å². The number of aromatic amines is 1. The second-order valence-electron chi connectivity index (χ2n) is 4.04. The maximum Gasteiger partial charge on any atom is 0.329 e. The number of aromatic nitrogens is 4. The highest BCUT2D eigenvalue weighted by molar-refractivity contribution is 5.71. The molecule has 0 spiro atoms. The molecule has 0 aromatic carbocycles. The van der Waals surface area contributed by atoms with E-state index < -0.39 is 11.2 Å². The number of fused-ring (bicyclic) bond motifs is 1. The first-order chi connectivity index (χ1) is 9.25. The van der Waals surface area contributed by atoms with E-state index in [1.165, 1.54) is 6.20 Å². The van der Waals surface area contributed by atoms with E-state index in [-0.39, 0.29) is 12.1 Å². The Hall–Kier alpha value is -2.76. The van der Waals surface area contributed by atoms with E-state index in [0.717, 1.165) is 4.57 Å². The fraction of sp³-hybridized carbons (Fsp3) is 0.0769. The molecule has 0 atom stereocenters.